The lowest BCUT2D eigenvalue weighted by Crippen LogP contribution is -2.17. The number of nitrogens with two attached hydrogens (primary N) is 1. The fourth-order valence-electron chi connectivity index (χ4n) is 2.66. The van der Waals surface area contributed by atoms with Gasteiger partial charge in [0, 0.05) is 29.4 Å². The summed E-state index contributed by atoms with van der Waals surface area (Å²) in [5.74, 6) is -3.57. The molecule has 158 valence electrons. The van der Waals surface area contributed by atoms with Crippen molar-refractivity contribution in [3.8, 4) is 10.4 Å². The van der Waals surface area contributed by atoms with Crippen LogP contribution in [-0.2, 0) is 27.2 Å². The van der Waals surface area contributed by atoms with Crippen LogP contribution in [0.4, 0.5) is 14.5 Å². The second kappa shape index (κ2) is 8.38. The molecule has 30 heavy (non-hydrogen) atoms. The lowest BCUT2D eigenvalue weighted by Gasteiger charge is -2.11. The first-order valence-corrected chi connectivity index (χ1v) is 11.2. The first kappa shape index (κ1) is 22.3. The van der Waals surface area contributed by atoms with E-state index >= 15 is 0 Å². The number of hydrogen-bond acceptors (Lipinski definition) is 5. The predicted molar refractivity (Wildman–Crippen MR) is 112 cm³/mol. The molecule has 3 aromatic rings. The zero-order valence-corrected chi connectivity index (χ0v) is 17.9. The standard InChI is InChI=1S/C19H16ClF2N3O3S2/c1-19(21,22)18-24-10-15(29-18)13-7-6-12(9-16(13)30(23,27)28)25-17(26)8-11-4-2-3-5-14(11)20/h2-7,9-10H,8H2,1H3,(H,25,26)(H2,23,27,28). The van der Waals surface area contributed by atoms with Crippen LogP contribution in [0.3, 0.4) is 0 Å². The summed E-state index contributed by atoms with van der Waals surface area (Å²) in [5, 5.41) is 7.88. The molecule has 0 saturated heterocycles. The summed E-state index contributed by atoms with van der Waals surface area (Å²) in [6.07, 6.45) is 1.15. The number of carbonyl (C=O) groups excluding carboxylic acids is 1. The number of alkyl halides is 2. The summed E-state index contributed by atoms with van der Waals surface area (Å²) in [5.41, 5.74) is 0.914. The third-order valence-electron chi connectivity index (χ3n) is 4.03. The largest absolute Gasteiger partial charge is 0.326 e. The van der Waals surface area contributed by atoms with Gasteiger partial charge in [0.15, 0.2) is 5.01 Å². The molecule has 0 aliphatic rings. The number of primary sulfonamides is 1. The average molecular weight is 472 g/mol. The molecule has 0 unspecified atom stereocenters. The zero-order chi connectivity index (χ0) is 22.1. The second-order valence-electron chi connectivity index (χ2n) is 6.49. The molecule has 0 radical (unpaired) electrons. The summed E-state index contributed by atoms with van der Waals surface area (Å²) >= 11 is 6.71. The van der Waals surface area contributed by atoms with E-state index in [1.54, 1.807) is 24.3 Å². The third-order valence-corrected chi connectivity index (χ3v) is 6.55. The first-order valence-electron chi connectivity index (χ1n) is 8.50. The Morgan fingerprint density at radius 1 is 1.27 bits per heavy atom. The predicted octanol–water partition coefficient (Wildman–Crippen LogP) is 4.40. The van der Waals surface area contributed by atoms with Crippen molar-refractivity contribution in [2.75, 3.05) is 5.32 Å². The van der Waals surface area contributed by atoms with Crippen LogP contribution < -0.4 is 10.5 Å². The maximum atomic E-state index is 13.5. The molecule has 3 rings (SSSR count). The number of aromatic nitrogens is 1. The highest BCUT2D eigenvalue weighted by Gasteiger charge is 2.29. The van der Waals surface area contributed by atoms with Crippen molar-refractivity contribution in [1.29, 1.82) is 0 Å². The maximum Gasteiger partial charge on any atom is 0.296 e. The van der Waals surface area contributed by atoms with Gasteiger partial charge in [-0.25, -0.2) is 18.5 Å². The Hall–Kier alpha value is -2.40. The van der Waals surface area contributed by atoms with Gasteiger partial charge in [-0.2, -0.15) is 8.78 Å². The molecule has 2 aromatic carbocycles. The molecule has 0 spiro atoms. The van der Waals surface area contributed by atoms with Crippen molar-refractivity contribution in [1.82, 2.24) is 4.98 Å². The van der Waals surface area contributed by atoms with Crippen molar-refractivity contribution in [2.45, 2.75) is 24.2 Å². The summed E-state index contributed by atoms with van der Waals surface area (Å²) in [6.45, 7) is 0.702. The Morgan fingerprint density at radius 2 is 1.97 bits per heavy atom. The number of benzene rings is 2. The molecular weight excluding hydrogens is 456 g/mol. The maximum absolute atomic E-state index is 13.5. The fourth-order valence-corrected chi connectivity index (χ4v) is 4.59. The van der Waals surface area contributed by atoms with Crippen molar-refractivity contribution >= 4 is 44.6 Å². The molecule has 1 heterocycles. The van der Waals surface area contributed by atoms with Crippen LogP contribution in [-0.4, -0.2) is 19.3 Å². The molecule has 0 aliphatic carbocycles. The van der Waals surface area contributed by atoms with Crippen LogP contribution in [0, 0.1) is 0 Å². The van der Waals surface area contributed by atoms with E-state index in [2.05, 4.69) is 10.3 Å². The Bertz CT molecular complexity index is 1210. The van der Waals surface area contributed by atoms with Crippen molar-refractivity contribution < 1.29 is 22.0 Å². The minimum absolute atomic E-state index is 0.0179. The van der Waals surface area contributed by atoms with Crippen molar-refractivity contribution in [3.05, 3.63) is 64.3 Å². The van der Waals surface area contributed by atoms with Crippen LogP contribution in [0.15, 0.2) is 53.6 Å². The number of nitrogens with one attached hydrogen (secondary N) is 1. The molecule has 1 amide bonds. The summed E-state index contributed by atoms with van der Waals surface area (Å²) in [6, 6.07) is 10.9. The van der Waals surface area contributed by atoms with Crippen LogP contribution in [0.2, 0.25) is 5.02 Å². The highest BCUT2D eigenvalue weighted by molar-refractivity contribution is 7.89. The topological polar surface area (TPSA) is 102 Å². The lowest BCUT2D eigenvalue weighted by atomic mass is 10.1. The molecule has 11 heteroatoms. The quantitative estimate of drug-likeness (QED) is 0.556. The van der Waals surface area contributed by atoms with Gasteiger partial charge >= 0.3 is 0 Å². The molecule has 0 saturated carbocycles. The second-order valence-corrected chi connectivity index (χ2v) is 9.46. The van der Waals surface area contributed by atoms with Gasteiger partial charge in [-0.15, -0.1) is 11.3 Å². The van der Waals surface area contributed by atoms with Gasteiger partial charge in [-0.1, -0.05) is 35.9 Å². The number of hydrogen-bond donors (Lipinski definition) is 2. The Balaban J connectivity index is 1.91. The summed E-state index contributed by atoms with van der Waals surface area (Å²) in [7, 11) is -4.21. The Labute approximate surface area is 180 Å². The number of rotatable bonds is 6. The molecular formula is C19H16ClF2N3O3S2. The van der Waals surface area contributed by atoms with Gasteiger partial charge in [0.2, 0.25) is 15.9 Å². The van der Waals surface area contributed by atoms with Crippen LogP contribution >= 0.6 is 22.9 Å². The fraction of sp³-hybridized carbons (Fsp3) is 0.158. The van der Waals surface area contributed by atoms with E-state index in [-0.39, 0.29) is 27.4 Å². The van der Waals surface area contributed by atoms with E-state index in [9.17, 15) is 22.0 Å². The van der Waals surface area contributed by atoms with Gasteiger partial charge in [-0.05, 0) is 23.8 Å². The normalized spacial score (nSPS) is 12.0. The third kappa shape index (κ3) is 5.20. The molecule has 0 aliphatic heterocycles. The molecule has 0 atom stereocenters. The molecule has 1 aromatic heterocycles. The SMILES string of the molecule is CC(F)(F)c1ncc(-c2ccc(NC(=O)Cc3ccccc3Cl)cc2S(N)(=O)=O)s1. The number of nitrogens with zero attached hydrogens (tertiary/aromatic N) is 1. The van der Waals surface area contributed by atoms with Crippen molar-refractivity contribution in [2.24, 2.45) is 5.14 Å². The molecule has 3 N–H and O–H groups in total. The lowest BCUT2D eigenvalue weighted by molar-refractivity contribution is -0.115. The number of amides is 1. The number of anilines is 1. The highest BCUT2D eigenvalue weighted by atomic mass is 35.5. The van der Waals surface area contributed by atoms with E-state index in [1.807, 2.05) is 0 Å². The Kier molecular flexibility index (Phi) is 6.23. The number of carbonyl (C=O) groups is 1. The number of thiazole rings is 1. The van der Waals surface area contributed by atoms with E-state index in [0.29, 0.717) is 28.8 Å². The number of sulfonamides is 1. The first-order chi connectivity index (χ1) is 13.9. The van der Waals surface area contributed by atoms with Crippen LogP contribution in [0.5, 0.6) is 0 Å². The monoisotopic (exact) mass is 471 g/mol. The van der Waals surface area contributed by atoms with E-state index in [1.165, 1.54) is 18.2 Å². The van der Waals surface area contributed by atoms with E-state index in [0.717, 1.165) is 6.20 Å². The van der Waals surface area contributed by atoms with Gasteiger partial charge in [0.05, 0.1) is 16.2 Å². The minimum Gasteiger partial charge on any atom is -0.326 e. The molecule has 0 bridgehead atoms. The van der Waals surface area contributed by atoms with Crippen molar-refractivity contribution in [3.63, 3.8) is 0 Å². The van der Waals surface area contributed by atoms with Gasteiger partial charge in [0.25, 0.3) is 5.92 Å². The Morgan fingerprint density at radius 3 is 2.57 bits per heavy atom. The van der Waals surface area contributed by atoms with Crippen LogP contribution in [0.25, 0.3) is 10.4 Å². The molecule has 6 nitrogen and oxygen atoms in total. The van der Waals surface area contributed by atoms with Gasteiger partial charge < -0.3 is 5.32 Å². The smallest absolute Gasteiger partial charge is 0.296 e. The average Bonchev–Trinajstić information content (AvgIpc) is 3.13. The van der Waals surface area contributed by atoms with Gasteiger partial charge in [-0.3, -0.25) is 4.79 Å². The van der Waals surface area contributed by atoms with E-state index < -0.39 is 26.9 Å². The van der Waals surface area contributed by atoms with Crippen LogP contribution in [0.1, 0.15) is 17.5 Å². The van der Waals surface area contributed by atoms with E-state index in [4.69, 9.17) is 16.7 Å². The minimum atomic E-state index is -4.21. The summed E-state index contributed by atoms with van der Waals surface area (Å²) in [4.78, 5) is 15.9. The summed E-state index contributed by atoms with van der Waals surface area (Å²) < 4.78 is 51.1. The number of halogens is 3. The van der Waals surface area contributed by atoms with Gasteiger partial charge in [0.1, 0.15) is 0 Å². The highest BCUT2D eigenvalue weighted by Crippen LogP contribution is 2.38. The zero-order valence-electron chi connectivity index (χ0n) is 15.5. The molecule has 0 fully saturated rings.